The van der Waals surface area contributed by atoms with Gasteiger partial charge in [0.15, 0.2) is 9.84 Å². The smallest absolute Gasteiger partial charge is 0.435 e. The number of urea groups is 1. The highest BCUT2D eigenvalue weighted by Crippen LogP contribution is 2.54. The Morgan fingerprint density at radius 1 is 0.810 bits per heavy atom. The number of hydrogen-bond acceptors (Lipinski definition) is 4. The highest BCUT2D eigenvalue weighted by molar-refractivity contribution is 7.92. The van der Waals surface area contributed by atoms with Crippen LogP contribution in [0.25, 0.3) is 0 Å². The summed E-state index contributed by atoms with van der Waals surface area (Å²) in [6.45, 7) is -0.653. The molecule has 2 saturated heterocycles. The van der Waals surface area contributed by atoms with E-state index < -0.39 is 73.3 Å². The maximum atomic E-state index is 14.6. The van der Waals surface area contributed by atoms with Gasteiger partial charge < -0.3 is 14.9 Å². The Morgan fingerprint density at radius 3 is 1.81 bits per heavy atom. The van der Waals surface area contributed by atoms with Gasteiger partial charge in [-0.1, -0.05) is 24.3 Å². The van der Waals surface area contributed by atoms with Gasteiger partial charge in [-0.3, -0.25) is 4.79 Å². The van der Waals surface area contributed by atoms with Gasteiger partial charge in [0.25, 0.3) is 0 Å². The van der Waals surface area contributed by atoms with Crippen LogP contribution in [0, 0.1) is 11.7 Å². The number of hydrogen-bond donors (Lipinski definition) is 1. The molecule has 2 amide bonds. The number of rotatable bonds is 5. The summed E-state index contributed by atoms with van der Waals surface area (Å²) in [5, 5.41) is 9.19. The van der Waals surface area contributed by atoms with E-state index in [2.05, 4.69) is 0 Å². The second-order valence-electron chi connectivity index (χ2n) is 10.2. The number of benzene rings is 2. The number of likely N-dealkylation sites (tertiary alicyclic amines) is 2. The van der Waals surface area contributed by atoms with E-state index >= 15 is 0 Å². The summed E-state index contributed by atoms with van der Waals surface area (Å²) in [5.74, 6) is -2.47. The first kappa shape index (κ1) is 31.5. The Balaban J connectivity index is 1.74. The summed E-state index contributed by atoms with van der Waals surface area (Å²) in [4.78, 5) is 26.6. The number of halogens is 8. The van der Waals surface area contributed by atoms with Crippen molar-refractivity contribution in [3.8, 4) is 0 Å². The Hall–Kier alpha value is -3.43. The van der Waals surface area contributed by atoms with Crippen LogP contribution >= 0.6 is 0 Å². The largest absolute Gasteiger partial charge is 0.481 e. The fourth-order valence-corrected chi connectivity index (χ4v) is 7.48. The second-order valence-corrected chi connectivity index (χ2v) is 12.5. The molecule has 2 fully saturated rings. The fraction of sp³-hybridized carbons (Fsp3) is 0.462. The van der Waals surface area contributed by atoms with Crippen LogP contribution in [0.1, 0.15) is 30.4 Å². The van der Waals surface area contributed by atoms with E-state index in [9.17, 15) is 58.2 Å². The van der Waals surface area contributed by atoms with Crippen molar-refractivity contribution in [3.63, 3.8) is 0 Å². The number of nitrogens with zero attached hydrogens (tertiary/aromatic N) is 2. The minimum absolute atomic E-state index is 0.0617. The van der Waals surface area contributed by atoms with E-state index in [1.54, 1.807) is 0 Å². The van der Waals surface area contributed by atoms with Crippen LogP contribution in [-0.2, 0) is 25.0 Å². The zero-order valence-electron chi connectivity index (χ0n) is 21.6. The third-order valence-electron chi connectivity index (χ3n) is 7.85. The molecule has 1 N–H and O–H groups in total. The summed E-state index contributed by atoms with van der Waals surface area (Å²) in [7, 11) is -4.59. The molecule has 0 aliphatic carbocycles. The van der Waals surface area contributed by atoms with E-state index in [1.165, 1.54) is 4.90 Å². The van der Waals surface area contributed by atoms with Gasteiger partial charge in [-0.2, -0.15) is 26.3 Å². The molecule has 2 aromatic carbocycles. The molecule has 16 heteroatoms. The van der Waals surface area contributed by atoms with Gasteiger partial charge in [0, 0.05) is 31.7 Å². The highest BCUT2D eigenvalue weighted by atomic mass is 32.2. The van der Waals surface area contributed by atoms with Crippen molar-refractivity contribution in [2.45, 2.75) is 46.9 Å². The summed E-state index contributed by atoms with van der Waals surface area (Å²) < 4.78 is 134. The van der Waals surface area contributed by atoms with Crippen molar-refractivity contribution in [1.29, 1.82) is 0 Å². The molecule has 2 heterocycles. The first-order chi connectivity index (χ1) is 19.3. The number of piperidine rings is 1. The minimum Gasteiger partial charge on any atom is -0.481 e. The van der Waals surface area contributed by atoms with Crippen LogP contribution in [0.5, 0.6) is 0 Å². The number of carboxylic acids is 1. The van der Waals surface area contributed by atoms with Crippen molar-refractivity contribution in [1.82, 2.24) is 9.80 Å². The SMILES string of the molecule is O=C(O)C1CCN(C(=O)N2CC[C@](c3ccc(C(F)(C(F)(F)F)C(F)(F)F)cc3)(S(=O)(=O)c3ccc(F)cc3)C2)CC1. The Morgan fingerprint density at radius 2 is 1.33 bits per heavy atom. The van der Waals surface area contributed by atoms with Crippen LogP contribution in [-0.4, -0.2) is 73.9 Å². The second kappa shape index (κ2) is 10.7. The highest BCUT2D eigenvalue weighted by Gasteiger charge is 2.73. The maximum Gasteiger partial charge on any atom is 0.435 e. The first-order valence-electron chi connectivity index (χ1n) is 12.6. The third-order valence-corrected chi connectivity index (χ3v) is 10.3. The van der Waals surface area contributed by atoms with Crippen LogP contribution in [0.15, 0.2) is 53.4 Å². The lowest BCUT2D eigenvalue weighted by atomic mass is 9.90. The van der Waals surface area contributed by atoms with E-state index in [4.69, 9.17) is 0 Å². The number of carbonyl (C=O) groups excluding carboxylic acids is 1. The molecule has 0 bridgehead atoms. The molecule has 0 aromatic heterocycles. The third kappa shape index (κ3) is 5.17. The number of carbonyl (C=O) groups is 2. The first-order valence-corrected chi connectivity index (χ1v) is 14.0. The number of sulfone groups is 1. The zero-order valence-corrected chi connectivity index (χ0v) is 22.4. The molecule has 0 saturated carbocycles. The monoisotopic (exact) mass is 628 g/mol. The molecule has 0 spiro atoms. The van der Waals surface area contributed by atoms with Gasteiger partial charge in [0.2, 0.25) is 0 Å². The van der Waals surface area contributed by atoms with Crippen molar-refractivity contribution in [2.75, 3.05) is 26.2 Å². The van der Waals surface area contributed by atoms with Crippen molar-refractivity contribution in [3.05, 3.63) is 65.5 Å². The summed E-state index contributed by atoms with van der Waals surface area (Å²) in [6.07, 6.45) is -12.8. The lowest BCUT2D eigenvalue weighted by molar-refractivity contribution is -0.348. The molecule has 2 aromatic rings. The Bertz CT molecular complexity index is 1420. The van der Waals surface area contributed by atoms with Crippen LogP contribution in [0.2, 0.25) is 0 Å². The van der Waals surface area contributed by atoms with Crippen molar-refractivity contribution < 1.29 is 58.2 Å². The summed E-state index contributed by atoms with van der Waals surface area (Å²) in [6, 6.07) is 4.63. The quantitative estimate of drug-likeness (QED) is 0.353. The topological polar surface area (TPSA) is 95.0 Å². The zero-order chi connectivity index (χ0) is 31.3. The predicted octanol–water partition coefficient (Wildman–Crippen LogP) is 5.41. The lowest BCUT2D eigenvalue weighted by Crippen LogP contribution is -2.50. The van der Waals surface area contributed by atoms with Gasteiger partial charge >= 0.3 is 30.0 Å². The number of aliphatic carboxylic acids is 1. The van der Waals surface area contributed by atoms with E-state index in [-0.39, 0.29) is 56.6 Å². The van der Waals surface area contributed by atoms with Gasteiger partial charge in [-0.25, -0.2) is 22.0 Å². The fourth-order valence-electron chi connectivity index (χ4n) is 5.40. The minimum atomic E-state index is -6.38. The molecule has 2 aliphatic rings. The molecular weight excluding hydrogens is 604 g/mol. The van der Waals surface area contributed by atoms with Gasteiger partial charge in [0.1, 0.15) is 10.6 Å². The standard InChI is InChI=1S/C26H24F8N2O5S/c27-19-5-7-20(8-6-19)42(40,41)23(11-14-36(15-23)22(39)35-12-9-16(10-13-35)21(37)38)17-1-3-18(4-2-17)24(28,25(29,30)31)26(32,33)34/h1-8,16H,9-15H2,(H,37,38)/t23-/m0/s1. The predicted molar refractivity (Wildman–Crippen MR) is 130 cm³/mol. The van der Waals surface area contributed by atoms with Gasteiger partial charge in [-0.05, 0) is 49.1 Å². The Labute approximate surface area is 234 Å². The Kier molecular flexibility index (Phi) is 8.02. The van der Waals surface area contributed by atoms with E-state index in [0.29, 0.717) is 12.1 Å². The van der Waals surface area contributed by atoms with Crippen molar-refractivity contribution in [2.24, 2.45) is 5.92 Å². The van der Waals surface area contributed by atoms with Crippen LogP contribution < -0.4 is 0 Å². The molecule has 0 radical (unpaired) electrons. The van der Waals surface area contributed by atoms with E-state index in [1.807, 2.05) is 0 Å². The normalized spacial score (nSPS) is 21.0. The number of carboxylic acid groups (broad SMARTS) is 1. The molecule has 230 valence electrons. The average Bonchev–Trinajstić information content (AvgIpc) is 3.39. The molecule has 7 nitrogen and oxygen atoms in total. The number of amides is 2. The van der Waals surface area contributed by atoms with Crippen LogP contribution in [0.3, 0.4) is 0 Å². The summed E-state index contributed by atoms with van der Waals surface area (Å²) in [5.41, 5.74) is -7.85. The molecular formula is C26H24F8N2O5S. The molecule has 2 aliphatic heterocycles. The maximum absolute atomic E-state index is 14.6. The molecule has 0 unspecified atom stereocenters. The van der Waals surface area contributed by atoms with E-state index in [0.717, 1.165) is 29.2 Å². The number of alkyl halides is 7. The summed E-state index contributed by atoms with van der Waals surface area (Å²) >= 11 is 0. The van der Waals surface area contributed by atoms with Gasteiger partial charge in [0.05, 0.1) is 10.8 Å². The lowest BCUT2D eigenvalue weighted by Gasteiger charge is -2.35. The molecule has 42 heavy (non-hydrogen) atoms. The molecule has 1 atom stereocenters. The van der Waals surface area contributed by atoms with Gasteiger partial charge in [-0.15, -0.1) is 0 Å². The molecule has 4 rings (SSSR count). The van der Waals surface area contributed by atoms with Crippen molar-refractivity contribution >= 4 is 21.8 Å². The van der Waals surface area contributed by atoms with Crippen LogP contribution in [0.4, 0.5) is 39.9 Å². The average molecular weight is 629 g/mol.